The van der Waals surface area contributed by atoms with Crippen LogP contribution in [0.15, 0.2) is 42.6 Å². The molecule has 2 heterocycles. The van der Waals surface area contributed by atoms with Crippen molar-refractivity contribution in [2.24, 2.45) is 0 Å². The maximum Gasteiger partial charge on any atom is 1.00 e. The Morgan fingerprint density at radius 2 is 1.77 bits per heavy atom. The summed E-state index contributed by atoms with van der Waals surface area (Å²) in [6.07, 6.45) is 1.76. The predicted octanol–water partition coefficient (Wildman–Crippen LogP) is 1.11. The van der Waals surface area contributed by atoms with Crippen LogP contribution in [0.1, 0.15) is 25.1 Å². The van der Waals surface area contributed by atoms with Gasteiger partial charge in [-0.1, -0.05) is 25.4 Å². The van der Waals surface area contributed by atoms with Crippen molar-refractivity contribution in [3.63, 3.8) is 0 Å². The Hall–Kier alpha value is -0.890. The average Bonchev–Trinajstić information content (AvgIpc) is 2.90. The molecule has 0 saturated heterocycles. The molecule has 0 bridgehead atoms. The largest absolute Gasteiger partial charge is 1.00 e. The Labute approximate surface area is 181 Å². The first-order valence-corrected chi connectivity index (χ1v) is 9.95. The summed E-state index contributed by atoms with van der Waals surface area (Å²) >= 11 is 5.93. The summed E-state index contributed by atoms with van der Waals surface area (Å²) in [7, 11) is -4.24. The van der Waals surface area contributed by atoms with Crippen molar-refractivity contribution in [3.8, 4) is 5.69 Å². The molecule has 1 aromatic carbocycles. The second kappa shape index (κ2) is 9.88. The van der Waals surface area contributed by atoms with Gasteiger partial charge in [0.25, 0.3) is 0 Å². The van der Waals surface area contributed by atoms with E-state index in [1.54, 1.807) is 6.20 Å². The molecular formula is C18H20ClN2NaO3S. The molecule has 0 saturated carbocycles. The monoisotopic (exact) mass is 402 g/mol. The molecule has 8 heteroatoms. The third-order valence-electron chi connectivity index (χ3n) is 3.62. The molecule has 0 aliphatic carbocycles. The first-order valence-electron chi connectivity index (χ1n) is 8.00. The van der Waals surface area contributed by atoms with Crippen LogP contribution in [0, 0.1) is 6.92 Å². The zero-order valence-electron chi connectivity index (χ0n) is 15.4. The third kappa shape index (κ3) is 5.81. The molecular weight excluding hydrogens is 383 g/mol. The molecule has 0 atom stereocenters. The molecule has 0 spiro atoms. The van der Waals surface area contributed by atoms with Gasteiger partial charge in [0.05, 0.1) is 21.2 Å². The van der Waals surface area contributed by atoms with Crippen LogP contribution in [-0.4, -0.2) is 28.3 Å². The summed E-state index contributed by atoms with van der Waals surface area (Å²) in [6.45, 7) is 5.97. The Morgan fingerprint density at radius 3 is 2.35 bits per heavy atom. The van der Waals surface area contributed by atoms with Crippen molar-refractivity contribution in [1.29, 1.82) is 0 Å². The second-order valence-corrected chi connectivity index (χ2v) is 7.32. The standard InChI is InChI=1S/C16H15ClN2O3S.C2H6.Na/c1-11-8-15-16(19(11)14-4-2-13(17)3-5-14)9-12(10-18-15)6-7-23(20,21)22;1-2;/h2-5,8-10H,6-7H2,1H3,(H,20,21,22);1-2H3;/q;;+1/p-1. The number of pyridine rings is 1. The van der Waals surface area contributed by atoms with Crippen molar-refractivity contribution in [1.82, 2.24) is 9.55 Å². The molecule has 0 aliphatic rings. The van der Waals surface area contributed by atoms with E-state index in [9.17, 15) is 13.0 Å². The topological polar surface area (TPSA) is 75.0 Å². The zero-order chi connectivity index (χ0) is 18.6. The van der Waals surface area contributed by atoms with Gasteiger partial charge in [0.1, 0.15) is 0 Å². The number of nitrogens with zero attached hydrogens (tertiary/aromatic N) is 2. The summed E-state index contributed by atoms with van der Waals surface area (Å²) < 4.78 is 34.4. The van der Waals surface area contributed by atoms with Crippen molar-refractivity contribution < 1.29 is 42.5 Å². The van der Waals surface area contributed by atoms with Gasteiger partial charge < -0.3 is 9.12 Å². The summed E-state index contributed by atoms with van der Waals surface area (Å²) in [5.41, 5.74) is 4.34. The predicted molar refractivity (Wildman–Crippen MR) is 100 cm³/mol. The van der Waals surface area contributed by atoms with Gasteiger partial charge in [-0.2, -0.15) is 0 Å². The Bertz CT molecular complexity index is 970. The fourth-order valence-electron chi connectivity index (χ4n) is 2.56. The number of halogens is 1. The third-order valence-corrected chi connectivity index (χ3v) is 4.57. The summed E-state index contributed by atoms with van der Waals surface area (Å²) in [6, 6.07) is 11.3. The number of benzene rings is 1. The SMILES string of the molecule is CC.Cc1cc2ncc(CCS(=O)(=O)[O-])cc2n1-c1ccc(Cl)cc1.[Na+]. The normalized spacial score (nSPS) is 10.8. The summed E-state index contributed by atoms with van der Waals surface area (Å²) in [4.78, 5) is 4.36. The second-order valence-electron chi connectivity index (χ2n) is 5.36. The van der Waals surface area contributed by atoms with Crippen LogP contribution in [0.3, 0.4) is 0 Å². The summed E-state index contributed by atoms with van der Waals surface area (Å²) in [5, 5.41) is 0.655. The smallest absolute Gasteiger partial charge is 0.748 e. The van der Waals surface area contributed by atoms with Crippen LogP contribution in [0.5, 0.6) is 0 Å². The van der Waals surface area contributed by atoms with Crippen LogP contribution >= 0.6 is 11.6 Å². The number of hydrogen-bond donors (Lipinski definition) is 0. The first-order chi connectivity index (χ1) is 11.8. The fourth-order valence-corrected chi connectivity index (χ4v) is 3.17. The van der Waals surface area contributed by atoms with E-state index < -0.39 is 15.9 Å². The van der Waals surface area contributed by atoms with Crippen LogP contribution in [-0.2, 0) is 16.5 Å². The van der Waals surface area contributed by atoms with Gasteiger partial charge in [0.2, 0.25) is 0 Å². The Morgan fingerprint density at radius 1 is 1.15 bits per heavy atom. The van der Waals surface area contributed by atoms with Gasteiger partial charge in [-0.25, -0.2) is 8.42 Å². The maximum atomic E-state index is 10.8. The van der Waals surface area contributed by atoms with Gasteiger partial charge >= 0.3 is 29.6 Å². The number of rotatable bonds is 4. The molecule has 26 heavy (non-hydrogen) atoms. The van der Waals surface area contributed by atoms with Crippen LogP contribution in [0.2, 0.25) is 5.02 Å². The molecule has 3 aromatic rings. The molecule has 0 unspecified atom stereocenters. The van der Waals surface area contributed by atoms with Gasteiger partial charge in [0.15, 0.2) is 0 Å². The van der Waals surface area contributed by atoms with E-state index in [-0.39, 0.29) is 36.0 Å². The van der Waals surface area contributed by atoms with Gasteiger partial charge in [-0.05, 0) is 55.3 Å². The van der Waals surface area contributed by atoms with Gasteiger partial charge in [-0.15, -0.1) is 0 Å². The Kier molecular flexibility index (Phi) is 8.79. The fraction of sp³-hybridized carbons (Fsp3) is 0.278. The molecule has 0 fully saturated rings. The van der Waals surface area contributed by atoms with Crippen molar-refractivity contribution in [3.05, 3.63) is 58.9 Å². The van der Waals surface area contributed by atoms with Crippen molar-refractivity contribution in [2.45, 2.75) is 27.2 Å². The zero-order valence-corrected chi connectivity index (χ0v) is 18.9. The molecule has 3 rings (SSSR count). The number of fused-ring (bicyclic) bond motifs is 1. The minimum absolute atomic E-state index is 0. The van der Waals surface area contributed by atoms with Gasteiger partial charge in [0, 0.05) is 28.4 Å². The summed E-state index contributed by atoms with van der Waals surface area (Å²) in [5.74, 6) is -0.430. The molecule has 5 nitrogen and oxygen atoms in total. The average molecular weight is 403 g/mol. The van der Waals surface area contributed by atoms with E-state index >= 15 is 0 Å². The van der Waals surface area contributed by atoms with E-state index in [4.69, 9.17) is 11.6 Å². The molecule has 0 amide bonds. The molecule has 134 valence electrons. The quantitative estimate of drug-likeness (QED) is 0.484. The van der Waals surface area contributed by atoms with E-state index in [1.807, 2.05) is 61.7 Å². The molecule has 0 radical (unpaired) electrons. The van der Waals surface area contributed by atoms with E-state index in [1.165, 1.54) is 0 Å². The minimum Gasteiger partial charge on any atom is -0.748 e. The van der Waals surface area contributed by atoms with E-state index in [0.29, 0.717) is 10.6 Å². The molecule has 2 aromatic heterocycles. The van der Waals surface area contributed by atoms with Crippen molar-refractivity contribution in [2.75, 3.05) is 5.75 Å². The van der Waals surface area contributed by atoms with Crippen LogP contribution in [0.4, 0.5) is 0 Å². The van der Waals surface area contributed by atoms with Crippen LogP contribution < -0.4 is 29.6 Å². The maximum absolute atomic E-state index is 10.8. The minimum atomic E-state index is -4.24. The number of aromatic nitrogens is 2. The molecule has 0 aliphatic heterocycles. The van der Waals surface area contributed by atoms with Crippen LogP contribution in [0.25, 0.3) is 16.7 Å². The first kappa shape index (κ1) is 23.1. The number of aryl methyl sites for hydroxylation is 2. The van der Waals surface area contributed by atoms with E-state index in [0.717, 1.165) is 22.4 Å². The Balaban J connectivity index is 0.00000109. The number of hydrogen-bond acceptors (Lipinski definition) is 4. The van der Waals surface area contributed by atoms with Gasteiger partial charge in [-0.3, -0.25) is 4.98 Å². The van der Waals surface area contributed by atoms with E-state index in [2.05, 4.69) is 4.98 Å². The molecule has 0 N–H and O–H groups in total. The van der Waals surface area contributed by atoms with Crippen molar-refractivity contribution >= 4 is 32.8 Å².